The highest BCUT2D eigenvalue weighted by atomic mass is 32.2. The summed E-state index contributed by atoms with van der Waals surface area (Å²) in [5.74, 6) is -0.109. The van der Waals surface area contributed by atoms with Crippen molar-refractivity contribution < 1.29 is 28.2 Å². The molecule has 0 unspecified atom stereocenters. The fraction of sp³-hybridized carbons (Fsp3) is 0.346. The number of carbonyl (C=O) groups is 1. The molecule has 1 saturated heterocycles. The third kappa shape index (κ3) is 6.60. The SMILES string of the molecule is CC(C)COc1ccc(N2CCN(S(=O)(=O)Nc3cc(SCC(=O)O)c(O)c4ccccc34)CC2)cc1. The largest absolute Gasteiger partial charge is 0.506 e. The molecule has 0 atom stereocenters. The molecule has 0 amide bonds. The standard InChI is InChI=1S/C26H31N3O6S2/c1-18(2)16-35-20-9-7-19(8-10-20)28-11-13-29(14-12-28)37(33,34)27-23-15-24(36-17-25(30)31)26(32)22-6-4-3-5-21(22)23/h3-10,15,18,27,32H,11-14,16-17H2,1-2H3,(H,30,31). The minimum atomic E-state index is -3.89. The Bertz CT molecular complexity index is 1350. The normalized spacial score (nSPS) is 14.7. The number of aliphatic carboxylic acids is 1. The van der Waals surface area contributed by atoms with Gasteiger partial charge in [-0.1, -0.05) is 38.1 Å². The number of rotatable bonds is 10. The minimum Gasteiger partial charge on any atom is -0.506 e. The summed E-state index contributed by atoms with van der Waals surface area (Å²) in [5.41, 5.74) is 1.30. The summed E-state index contributed by atoms with van der Waals surface area (Å²) < 4.78 is 36.4. The highest BCUT2D eigenvalue weighted by molar-refractivity contribution is 8.00. The van der Waals surface area contributed by atoms with Crippen molar-refractivity contribution in [1.82, 2.24) is 4.31 Å². The first-order valence-corrected chi connectivity index (χ1v) is 14.4. The van der Waals surface area contributed by atoms with Gasteiger partial charge < -0.3 is 19.8 Å². The summed E-state index contributed by atoms with van der Waals surface area (Å²) in [6.45, 7) is 6.51. The van der Waals surface area contributed by atoms with Crippen LogP contribution in [0.2, 0.25) is 0 Å². The lowest BCUT2D eigenvalue weighted by molar-refractivity contribution is -0.133. The molecule has 1 fully saturated rings. The zero-order valence-electron chi connectivity index (χ0n) is 20.8. The van der Waals surface area contributed by atoms with E-state index in [1.54, 1.807) is 24.3 Å². The van der Waals surface area contributed by atoms with Gasteiger partial charge >= 0.3 is 16.2 Å². The number of carboxylic acids is 1. The number of nitrogens with zero attached hydrogens (tertiary/aromatic N) is 2. The topological polar surface area (TPSA) is 119 Å². The van der Waals surface area contributed by atoms with Gasteiger partial charge in [0.25, 0.3) is 0 Å². The number of aromatic hydroxyl groups is 1. The molecular formula is C26H31N3O6S2. The monoisotopic (exact) mass is 545 g/mol. The van der Waals surface area contributed by atoms with E-state index in [0.717, 1.165) is 23.2 Å². The number of carboxylic acid groups (broad SMARTS) is 1. The van der Waals surface area contributed by atoms with Gasteiger partial charge in [0.05, 0.1) is 22.9 Å². The van der Waals surface area contributed by atoms with Gasteiger partial charge in [-0.05, 0) is 36.2 Å². The van der Waals surface area contributed by atoms with E-state index in [9.17, 15) is 18.3 Å². The number of hydrogen-bond acceptors (Lipinski definition) is 7. The maximum atomic E-state index is 13.3. The Morgan fingerprint density at radius 2 is 1.70 bits per heavy atom. The lowest BCUT2D eigenvalue weighted by Crippen LogP contribution is -2.50. The Morgan fingerprint density at radius 3 is 2.32 bits per heavy atom. The Morgan fingerprint density at radius 1 is 1.05 bits per heavy atom. The average Bonchev–Trinajstić information content (AvgIpc) is 2.88. The van der Waals surface area contributed by atoms with Crippen molar-refractivity contribution in [2.45, 2.75) is 18.7 Å². The molecule has 11 heteroatoms. The molecule has 0 saturated carbocycles. The maximum Gasteiger partial charge on any atom is 0.313 e. The molecule has 1 heterocycles. The van der Waals surface area contributed by atoms with Crippen molar-refractivity contribution in [3.63, 3.8) is 0 Å². The minimum absolute atomic E-state index is 0.0703. The van der Waals surface area contributed by atoms with Gasteiger partial charge in [0, 0.05) is 42.6 Å². The van der Waals surface area contributed by atoms with Crippen LogP contribution >= 0.6 is 11.8 Å². The van der Waals surface area contributed by atoms with E-state index in [0.29, 0.717) is 60.1 Å². The molecule has 0 bridgehead atoms. The third-order valence-corrected chi connectivity index (χ3v) is 8.47. The second-order valence-corrected chi connectivity index (χ2v) is 11.9. The van der Waals surface area contributed by atoms with E-state index in [-0.39, 0.29) is 11.5 Å². The summed E-state index contributed by atoms with van der Waals surface area (Å²) >= 11 is 0.935. The summed E-state index contributed by atoms with van der Waals surface area (Å²) in [5, 5.41) is 20.6. The lowest BCUT2D eigenvalue weighted by Gasteiger charge is -2.35. The van der Waals surface area contributed by atoms with Gasteiger partial charge in [-0.15, -0.1) is 11.8 Å². The van der Waals surface area contributed by atoms with Crippen molar-refractivity contribution in [3.8, 4) is 11.5 Å². The van der Waals surface area contributed by atoms with E-state index in [1.165, 1.54) is 10.4 Å². The molecule has 9 nitrogen and oxygen atoms in total. The molecule has 0 radical (unpaired) electrons. The van der Waals surface area contributed by atoms with Crippen molar-refractivity contribution in [2.24, 2.45) is 5.92 Å². The van der Waals surface area contributed by atoms with Crippen molar-refractivity contribution in [3.05, 3.63) is 54.6 Å². The van der Waals surface area contributed by atoms with Gasteiger partial charge in [0.1, 0.15) is 11.5 Å². The second kappa shape index (κ2) is 11.5. The molecular weight excluding hydrogens is 514 g/mol. The summed E-state index contributed by atoms with van der Waals surface area (Å²) in [7, 11) is -3.89. The predicted molar refractivity (Wildman–Crippen MR) is 147 cm³/mol. The maximum absolute atomic E-state index is 13.3. The number of ether oxygens (including phenoxy) is 1. The number of anilines is 2. The first kappa shape index (κ1) is 26.9. The number of phenolic OH excluding ortho intramolecular Hbond substituents is 1. The molecule has 1 aliphatic rings. The molecule has 3 aromatic carbocycles. The van der Waals surface area contributed by atoms with Crippen LogP contribution in [0.5, 0.6) is 11.5 Å². The third-order valence-electron chi connectivity index (χ3n) is 5.94. The molecule has 0 spiro atoms. The number of benzene rings is 3. The van der Waals surface area contributed by atoms with E-state index < -0.39 is 16.2 Å². The highest BCUT2D eigenvalue weighted by Gasteiger charge is 2.28. The molecule has 37 heavy (non-hydrogen) atoms. The van der Waals surface area contributed by atoms with Crippen LogP contribution in [0.1, 0.15) is 13.8 Å². The van der Waals surface area contributed by atoms with Crippen LogP contribution in [-0.2, 0) is 15.0 Å². The number of phenols is 1. The summed E-state index contributed by atoms with van der Waals surface area (Å²) in [4.78, 5) is 13.5. The van der Waals surface area contributed by atoms with Gasteiger partial charge in [-0.3, -0.25) is 9.52 Å². The van der Waals surface area contributed by atoms with E-state index in [1.807, 2.05) is 24.3 Å². The first-order chi connectivity index (χ1) is 17.6. The van der Waals surface area contributed by atoms with Crippen LogP contribution in [-0.4, -0.2) is 67.4 Å². The Labute approximate surface area is 221 Å². The van der Waals surface area contributed by atoms with Crippen LogP contribution in [0, 0.1) is 5.92 Å². The molecule has 4 rings (SSSR count). The second-order valence-electron chi connectivity index (χ2n) is 9.19. The summed E-state index contributed by atoms with van der Waals surface area (Å²) in [6, 6.07) is 16.2. The number of hydrogen-bond donors (Lipinski definition) is 3. The molecule has 0 aromatic heterocycles. The van der Waals surface area contributed by atoms with Crippen LogP contribution in [0.3, 0.4) is 0 Å². The zero-order valence-corrected chi connectivity index (χ0v) is 22.4. The van der Waals surface area contributed by atoms with Crippen LogP contribution < -0.4 is 14.4 Å². The van der Waals surface area contributed by atoms with E-state index in [2.05, 4.69) is 23.5 Å². The van der Waals surface area contributed by atoms with Crippen LogP contribution in [0.4, 0.5) is 11.4 Å². The Hall–Kier alpha value is -3.15. The number of nitrogens with one attached hydrogen (secondary N) is 1. The van der Waals surface area contributed by atoms with Gasteiger partial charge in [0.2, 0.25) is 0 Å². The van der Waals surface area contributed by atoms with Crippen molar-refractivity contribution in [1.29, 1.82) is 0 Å². The fourth-order valence-electron chi connectivity index (χ4n) is 4.07. The average molecular weight is 546 g/mol. The predicted octanol–water partition coefficient (Wildman–Crippen LogP) is 4.24. The van der Waals surface area contributed by atoms with Crippen molar-refractivity contribution in [2.75, 3.05) is 48.2 Å². The molecule has 1 aliphatic heterocycles. The highest BCUT2D eigenvalue weighted by Crippen LogP contribution is 2.40. The van der Waals surface area contributed by atoms with E-state index >= 15 is 0 Å². The van der Waals surface area contributed by atoms with Gasteiger partial charge in [-0.2, -0.15) is 12.7 Å². The van der Waals surface area contributed by atoms with E-state index in [4.69, 9.17) is 9.84 Å². The first-order valence-electron chi connectivity index (χ1n) is 12.0. The van der Waals surface area contributed by atoms with Gasteiger partial charge in [0.15, 0.2) is 0 Å². The fourth-order valence-corrected chi connectivity index (χ4v) is 6.02. The molecule has 0 aliphatic carbocycles. The number of piperazine rings is 1. The smallest absolute Gasteiger partial charge is 0.313 e. The lowest BCUT2D eigenvalue weighted by atomic mass is 10.1. The molecule has 3 aromatic rings. The number of thioether (sulfide) groups is 1. The Balaban J connectivity index is 1.46. The number of fused-ring (bicyclic) bond motifs is 1. The van der Waals surface area contributed by atoms with Crippen LogP contribution in [0.15, 0.2) is 59.5 Å². The summed E-state index contributed by atoms with van der Waals surface area (Å²) in [6.07, 6.45) is 0. The molecule has 3 N–H and O–H groups in total. The van der Waals surface area contributed by atoms with Crippen LogP contribution in [0.25, 0.3) is 10.8 Å². The van der Waals surface area contributed by atoms with Gasteiger partial charge in [-0.25, -0.2) is 0 Å². The zero-order chi connectivity index (χ0) is 26.6. The quantitative estimate of drug-likeness (QED) is 0.256. The Kier molecular flexibility index (Phi) is 8.35. The molecule has 198 valence electrons. The van der Waals surface area contributed by atoms with Crippen molar-refractivity contribution >= 4 is 50.1 Å².